The van der Waals surface area contributed by atoms with Crippen LogP contribution in [0, 0.1) is 16.1 Å². The Kier molecular flexibility index (Phi) is 5.15. The van der Waals surface area contributed by atoms with E-state index in [2.05, 4.69) is 10.3 Å². The topological polar surface area (TPSA) is 82.8 Å². The van der Waals surface area contributed by atoms with Crippen molar-refractivity contribution in [1.82, 2.24) is 9.55 Å². The van der Waals surface area contributed by atoms with Crippen molar-refractivity contribution >= 4 is 23.8 Å². The number of anilines is 1. The van der Waals surface area contributed by atoms with Gasteiger partial charge in [-0.15, -0.1) is 0 Å². The van der Waals surface area contributed by atoms with Crippen molar-refractivity contribution in [2.24, 2.45) is 0 Å². The Balaban J connectivity index is 1.70. The lowest BCUT2D eigenvalue weighted by molar-refractivity contribution is -0.122. The fourth-order valence-electron chi connectivity index (χ4n) is 2.40. The third kappa shape index (κ3) is 3.99. The molecule has 1 heterocycles. The predicted molar refractivity (Wildman–Crippen MR) is 101 cm³/mol. The molecule has 2 aromatic carbocycles. The van der Waals surface area contributed by atoms with Gasteiger partial charge >= 0.3 is 0 Å². The molecule has 0 fully saturated rings. The standard InChI is InChI=1S/C19H16N4O2S/c1-13(25-17-7-2-4-14(10-17)12-20)18(24)22-15-5-3-6-16(11-15)23-9-8-21-19(23)26/h2-11,13H,1H3,(H,21,26)(H,22,24)/t13-/m0/s1. The van der Waals surface area contributed by atoms with Gasteiger partial charge in [0.2, 0.25) is 0 Å². The second kappa shape index (κ2) is 7.68. The summed E-state index contributed by atoms with van der Waals surface area (Å²) in [7, 11) is 0. The number of nitriles is 1. The number of rotatable bonds is 5. The highest BCUT2D eigenvalue weighted by Gasteiger charge is 2.15. The summed E-state index contributed by atoms with van der Waals surface area (Å²) in [6.07, 6.45) is 2.85. The average Bonchev–Trinajstić information content (AvgIpc) is 3.08. The van der Waals surface area contributed by atoms with Gasteiger partial charge in [0.25, 0.3) is 5.91 Å². The van der Waals surface area contributed by atoms with E-state index in [4.69, 9.17) is 22.2 Å². The van der Waals surface area contributed by atoms with Crippen LogP contribution in [0.25, 0.3) is 5.69 Å². The number of hydrogen-bond acceptors (Lipinski definition) is 4. The quantitative estimate of drug-likeness (QED) is 0.674. The summed E-state index contributed by atoms with van der Waals surface area (Å²) in [5.41, 5.74) is 1.95. The Labute approximate surface area is 155 Å². The molecule has 2 N–H and O–H groups in total. The number of ether oxygens (including phenoxy) is 1. The molecule has 7 heteroatoms. The lowest BCUT2D eigenvalue weighted by atomic mass is 10.2. The molecule has 1 amide bonds. The number of aromatic nitrogens is 2. The largest absolute Gasteiger partial charge is 0.481 e. The summed E-state index contributed by atoms with van der Waals surface area (Å²) < 4.78 is 8.00. The second-order valence-electron chi connectivity index (χ2n) is 5.57. The molecule has 3 aromatic rings. The first-order valence-electron chi connectivity index (χ1n) is 7.91. The van der Waals surface area contributed by atoms with Crippen LogP contribution in [0.3, 0.4) is 0 Å². The van der Waals surface area contributed by atoms with Crippen LogP contribution in [0.2, 0.25) is 0 Å². The maximum absolute atomic E-state index is 12.4. The van der Waals surface area contributed by atoms with Gasteiger partial charge in [0.15, 0.2) is 10.9 Å². The minimum absolute atomic E-state index is 0.290. The highest BCUT2D eigenvalue weighted by molar-refractivity contribution is 7.71. The van der Waals surface area contributed by atoms with Gasteiger partial charge in [0, 0.05) is 23.8 Å². The molecule has 0 saturated heterocycles. The molecular weight excluding hydrogens is 348 g/mol. The molecular formula is C19H16N4O2S. The monoisotopic (exact) mass is 364 g/mol. The number of aromatic amines is 1. The smallest absolute Gasteiger partial charge is 0.265 e. The minimum Gasteiger partial charge on any atom is -0.481 e. The molecule has 26 heavy (non-hydrogen) atoms. The molecule has 0 aliphatic heterocycles. The molecule has 6 nitrogen and oxygen atoms in total. The van der Waals surface area contributed by atoms with Crippen LogP contribution in [0.5, 0.6) is 5.75 Å². The van der Waals surface area contributed by atoms with Gasteiger partial charge in [-0.25, -0.2) is 0 Å². The predicted octanol–water partition coefficient (Wildman–Crippen LogP) is 3.81. The van der Waals surface area contributed by atoms with Crippen molar-refractivity contribution < 1.29 is 9.53 Å². The third-order valence-corrected chi connectivity index (χ3v) is 4.00. The van der Waals surface area contributed by atoms with Crippen LogP contribution in [-0.2, 0) is 4.79 Å². The van der Waals surface area contributed by atoms with Gasteiger partial charge in [-0.2, -0.15) is 5.26 Å². The highest BCUT2D eigenvalue weighted by atomic mass is 32.1. The molecule has 0 saturated carbocycles. The third-order valence-electron chi connectivity index (χ3n) is 3.69. The van der Waals surface area contributed by atoms with E-state index >= 15 is 0 Å². The summed E-state index contributed by atoms with van der Waals surface area (Å²) in [5, 5.41) is 11.8. The number of nitrogens with one attached hydrogen (secondary N) is 2. The number of carbonyl (C=O) groups excluding carboxylic acids is 1. The van der Waals surface area contributed by atoms with Crippen LogP contribution < -0.4 is 10.1 Å². The number of H-pyrrole nitrogens is 1. The Morgan fingerprint density at radius 2 is 2.12 bits per heavy atom. The molecule has 0 spiro atoms. The van der Waals surface area contributed by atoms with E-state index in [9.17, 15) is 4.79 Å². The van der Waals surface area contributed by atoms with Crippen LogP contribution >= 0.6 is 12.2 Å². The van der Waals surface area contributed by atoms with E-state index in [0.717, 1.165) is 5.69 Å². The Bertz CT molecular complexity index is 1030. The molecule has 1 atom stereocenters. The summed E-state index contributed by atoms with van der Waals surface area (Å²) >= 11 is 5.21. The first-order valence-corrected chi connectivity index (χ1v) is 8.32. The van der Waals surface area contributed by atoms with Gasteiger partial charge in [-0.3, -0.25) is 9.36 Å². The van der Waals surface area contributed by atoms with Crippen molar-refractivity contribution in [3.8, 4) is 17.5 Å². The van der Waals surface area contributed by atoms with Gasteiger partial charge in [-0.05, 0) is 55.5 Å². The first kappa shape index (κ1) is 17.5. The number of carbonyl (C=O) groups is 1. The van der Waals surface area contributed by atoms with Crippen molar-refractivity contribution in [3.05, 3.63) is 71.3 Å². The molecule has 130 valence electrons. The normalized spacial score (nSPS) is 11.4. The van der Waals surface area contributed by atoms with Gasteiger partial charge < -0.3 is 15.0 Å². The summed E-state index contributed by atoms with van der Waals surface area (Å²) in [5.74, 6) is 0.182. The van der Waals surface area contributed by atoms with E-state index in [1.807, 2.05) is 30.5 Å². The van der Waals surface area contributed by atoms with Crippen molar-refractivity contribution in [1.29, 1.82) is 5.26 Å². The zero-order valence-electron chi connectivity index (χ0n) is 14.0. The molecule has 0 bridgehead atoms. The van der Waals surface area contributed by atoms with Crippen LogP contribution in [0.1, 0.15) is 12.5 Å². The molecule has 1 aromatic heterocycles. The Hall–Kier alpha value is -3.37. The van der Waals surface area contributed by atoms with Crippen LogP contribution in [0.15, 0.2) is 60.9 Å². The molecule has 0 aliphatic rings. The molecule has 0 unspecified atom stereocenters. The van der Waals surface area contributed by atoms with Crippen LogP contribution in [0.4, 0.5) is 5.69 Å². The number of hydrogen-bond donors (Lipinski definition) is 2. The van der Waals surface area contributed by atoms with Gasteiger partial charge in [0.1, 0.15) is 5.75 Å². The minimum atomic E-state index is -0.720. The van der Waals surface area contributed by atoms with Gasteiger partial charge in [0.05, 0.1) is 11.6 Å². The van der Waals surface area contributed by atoms with E-state index in [0.29, 0.717) is 21.8 Å². The first-order chi connectivity index (χ1) is 12.6. The summed E-state index contributed by atoms with van der Waals surface area (Å²) in [4.78, 5) is 15.3. The summed E-state index contributed by atoms with van der Waals surface area (Å²) in [6.45, 7) is 1.65. The zero-order valence-corrected chi connectivity index (χ0v) is 14.8. The van der Waals surface area contributed by atoms with E-state index < -0.39 is 6.10 Å². The average molecular weight is 364 g/mol. The fraction of sp³-hybridized carbons (Fsp3) is 0.105. The van der Waals surface area contributed by atoms with E-state index in [-0.39, 0.29) is 5.91 Å². The number of amides is 1. The molecule has 3 rings (SSSR count). The van der Waals surface area contributed by atoms with Gasteiger partial charge in [-0.1, -0.05) is 12.1 Å². The van der Waals surface area contributed by atoms with Crippen molar-refractivity contribution in [3.63, 3.8) is 0 Å². The SMILES string of the molecule is C[C@H](Oc1cccc(C#N)c1)C(=O)Nc1cccc(-n2cc[nH]c2=S)c1. The lowest BCUT2D eigenvalue weighted by Gasteiger charge is -2.15. The number of imidazole rings is 1. The van der Waals surface area contributed by atoms with Crippen LogP contribution in [-0.4, -0.2) is 21.6 Å². The summed E-state index contributed by atoms with van der Waals surface area (Å²) in [6, 6.07) is 16.1. The maximum atomic E-state index is 12.4. The zero-order chi connectivity index (χ0) is 18.5. The van der Waals surface area contributed by atoms with E-state index in [1.54, 1.807) is 48.0 Å². The molecule has 0 aliphatic carbocycles. The Morgan fingerprint density at radius 3 is 2.85 bits per heavy atom. The number of benzene rings is 2. The van der Waals surface area contributed by atoms with E-state index in [1.165, 1.54) is 0 Å². The lowest BCUT2D eigenvalue weighted by Crippen LogP contribution is -2.30. The second-order valence-corrected chi connectivity index (χ2v) is 5.96. The molecule has 0 radical (unpaired) electrons. The number of nitrogens with zero attached hydrogens (tertiary/aromatic N) is 2. The maximum Gasteiger partial charge on any atom is 0.265 e. The fourth-order valence-corrected chi connectivity index (χ4v) is 2.63. The van der Waals surface area contributed by atoms with Crippen molar-refractivity contribution in [2.45, 2.75) is 13.0 Å². The Morgan fingerprint density at radius 1 is 1.31 bits per heavy atom. The van der Waals surface area contributed by atoms with Crippen molar-refractivity contribution in [2.75, 3.05) is 5.32 Å². The highest BCUT2D eigenvalue weighted by Crippen LogP contribution is 2.17.